The lowest BCUT2D eigenvalue weighted by Crippen LogP contribution is -1.77. The second-order valence-corrected chi connectivity index (χ2v) is 2.84. The summed E-state index contributed by atoms with van der Waals surface area (Å²) >= 11 is 3.36. The number of halogens is 1. The molecule has 1 atom stereocenters. The standard InChI is InChI=1S/C6H10Br/c1-3-4-5-6(2)7/h4-6H,1,3H2,2H3. The quantitative estimate of drug-likeness (QED) is 0.432. The van der Waals surface area contributed by atoms with Crippen molar-refractivity contribution in [3.63, 3.8) is 0 Å². The first-order valence-corrected chi connectivity index (χ1v) is 3.29. The number of hydrogen-bond donors (Lipinski definition) is 0. The summed E-state index contributed by atoms with van der Waals surface area (Å²) in [6, 6.07) is 0. The zero-order valence-electron chi connectivity index (χ0n) is 4.52. The van der Waals surface area contributed by atoms with Crippen LogP contribution in [0.2, 0.25) is 0 Å². The lowest BCUT2D eigenvalue weighted by Gasteiger charge is -1.86. The molecule has 0 spiro atoms. The van der Waals surface area contributed by atoms with E-state index in [4.69, 9.17) is 0 Å². The van der Waals surface area contributed by atoms with E-state index in [1.165, 1.54) is 0 Å². The van der Waals surface area contributed by atoms with Crippen LogP contribution in [-0.2, 0) is 0 Å². The summed E-state index contributed by atoms with van der Waals surface area (Å²) in [5, 5.41) is 0. The maximum absolute atomic E-state index is 3.65. The normalized spacial score (nSPS) is 15.3. The van der Waals surface area contributed by atoms with Crippen LogP contribution >= 0.6 is 15.9 Å². The number of allylic oxidation sites excluding steroid dienone is 2. The molecule has 0 rings (SSSR count). The summed E-state index contributed by atoms with van der Waals surface area (Å²) in [5.74, 6) is 0. The van der Waals surface area contributed by atoms with E-state index >= 15 is 0 Å². The molecule has 0 aliphatic carbocycles. The Labute approximate surface area is 53.7 Å². The fourth-order valence-electron chi connectivity index (χ4n) is 0.284. The Morgan fingerprint density at radius 2 is 2.43 bits per heavy atom. The molecule has 1 radical (unpaired) electrons. The van der Waals surface area contributed by atoms with E-state index in [1.807, 2.05) is 6.08 Å². The van der Waals surface area contributed by atoms with Crippen LogP contribution in [0, 0.1) is 6.92 Å². The van der Waals surface area contributed by atoms with Crippen LogP contribution < -0.4 is 0 Å². The van der Waals surface area contributed by atoms with Gasteiger partial charge in [0.15, 0.2) is 0 Å². The molecule has 1 unspecified atom stereocenters. The fourth-order valence-corrected chi connectivity index (χ4v) is 0.500. The minimum atomic E-state index is 0.495. The molecule has 0 aromatic heterocycles. The van der Waals surface area contributed by atoms with Crippen molar-refractivity contribution in [3.8, 4) is 0 Å². The molecule has 0 fully saturated rings. The third-order valence-corrected chi connectivity index (χ3v) is 0.873. The lowest BCUT2D eigenvalue weighted by molar-refractivity contribution is 1.24. The van der Waals surface area contributed by atoms with Crippen LogP contribution in [0.5, 0.6) is 0 Å². The van der Waals surface area contributed by atoms with Crippen molar-refractivity contribution in [1.29, 1.82) is 0 Å². The van der Waals surface area contributed by atoms with E-state index in [1.54, 1.807) is 0 Å². The molecule has 0 saturated carbocycles. The average Bonchev–Trinajstić information content (AvgIpc) is 1.61. The molecule has 1 heteroatoms. The van der Waals surface area contributed by atoms with E-state index in [0.29, 0.717) is 4.83 Å². The molecule has 41 valence electrons. The van der Waals surface area contributed by atoms with Gasteiger partial charge in [-0.15, -0.1) is 0 Å². The summed E-state index contributed by atoms with van der Waals surface area (Å²) in [6.07, 6.45) is 5.00. The molecule has 0 N–H and O–H groups in total. The summed E-state index contributed by atoms with van der Waals surface area (Å²) in [5.41, 5.74) is 0. The zero-order valence-corrected chi connectivity index (χ0v) is 6.11. The van der Waals surface area contributed by atoms with Gasteiger partial charge in [-0.05, 0) is 20.3 Å². The first-order valence-electron chi connectivity index (χ1n) is 2.37. The molecular formula is C6H10Br. The first kappa shape index (κ1) is 7.22. The predicted molar refractivity (Wildman–Crippen MR) is 37.5 cm³/mol. The Morgan fingerprint density at radius 3 is 2.57 bits per heavy atom. The van der Waals surface area contributed by atoms with Crippen molar-refractivity contribution in [2.24, 2.45) is 0 Å². The van der Waals surface area contributed by atoms with Gasteiger partial charge in [-0.1, -0.05) is 28.1 Å². The molecule has 0 aliphatic heterocycles. The highest BCUT2D eigenvalue weighted by Gasteiger charge is 1.80. The number of alkyl halides is 1. The summed E-state index contributed by atoms with van der Waals surface area (Å²) in [7, 11) is 0. The molecule has 0 aromatic rings. The highest BCUT2D eigenvalue weighted by atomic mass is 79.9. The zero-order chi connectivity index (χ0) is 5.70. The number of rotatable bonds is 2. The largest absolute Gasteiger partial charge is 0.0874 e. The SMILES string of the molecule is [CH2]CC=CC(C)Br. The third-order valence-electron chi connectivity index (χ3n) is 0.568. The lowest BCUT2D eigenvalue weighted by atomic mass is 10.4. The monoisotopic (exact) mass is 161 g/mol. The molecule has 0 nitrogen and oxygen atoms in total. The minimum absolute atomic E-state index is 0.495. The highest BCUT2D eigenvalue weighted by molar-refractivity contribution is 9.09. The van der Waals surface area contributed by atoms with Crippen molar-refractivity contribution in [2.45, 2.75) is 18.2 Å². The van der Waals surface area contributed by atoms with E-state index in [-0.39, 0.29) is 0 Å². The molecule has 0 heterocycles. The van der Waals surface area contributed by atoms with Crippen molar-refractivity contribution in [1.82, 2.24) is 0 Å². The summed E-state index contributed by atoms with van der Waals surface area (Å²) < 4.78 is 0. The second-order valence-electron chi connectivity index (χ2n) is 1.39. The van der Waals surface area contributed by atoms with E-state index in [2.05, 4.69) is 35.9 Å². The smallest absolute Gasteiger partial charge is 0.0297 e. The van der Waals surface area contributed by atoms with Crippen LogP contribution in [0.1, 0.15) is 13.3 Å². The van der Waals surface area contributed by atoms with Crippen molar-refractivity contribution >= 4 is 15.9 Å². The van der Waals surface area contributed by atoms with Crippen LogP contribution in [0.4, 0.5) is 0 Å². The maximum Gasteiger partial charge on any atom is 0.0297 e. The van der Waals surface area contributed by atoms with Gasteiger partial charge in [0.1, 0.15) is 0 Å². The van der Waals surface area contributed by atoms with Gasteiger partial charge in [0.25, 0.3) is 0 Å². The maximum atomic E-state index is 3.65. The van der Waals surface area contributed by atoms with Crippen molar-refractivity contribution in [2.75, 3.05) is 0 Å². The minimum Gasteiger partial charge on any atom is -0.0874 e. The van der Waals surface area contributed by atoms with Crippen LogP contribution in [0.3, 0.4) is 0 Å². The molecule has 0 bridgehead atoms. The Balaban J connectivity index is 3.08. The van der Waals surface area contributed by atoms with Gasteiger partial charge in [-0.25, -0.2) is 0 Å². The van der Waals surface area contributed by atoms with E-state index in [0.717, 1.165) is 6.42 Å². The highest BCUT2D eigenvalue weighted by Crippen LogP contribution is 1.98. The summed E-state index contributed by atoms with van der Waals surface area (Å²) in [4.78, 5) is 0.495. The van der Waals surface area contributed by atoms with E-state index < -0.39 is 0 Å². The molecular weight excluding hydrogens is 152 g/mol. The van der Waals surface area contributed by atoms with Crippen LogP contribution in [0.15, 0.2) is 12.2 Å². The predicted octanol–water partition coefficient (Wildman–Crippen LogP) is 2.55. The van der Waals surface area contributed by atoms with Gasteiger partial charge < -0.3 is 0 Å². The van der Waals surface area contributed by atoms with Crippen LogP contribution in [-0.4, -0.2) is 4.83 Å². The molecule has 0 aliphatic rings. The number of hydrogen-bond acceptors (Lipinski definition) is 0. The van der Waals surface area contributed by atoms with Gasteiger partial charge in [0.2, 0.25) is 0 Å². The Morgan fingerprint density at radius 1 is 1.86 bits per heavy atom. The second kappa shape index (κ2) is 4.38. The molecule has 0 aromatic carbocycles. The molecule has 0 amide bonds. The van der Waals surface area contributed by atoms with Gasteiger partial charge in [0.05, 0.1) is 0 Å². The Hall–Kier alpha value is 0.220. The molecule has 7 heavy (non-hydrogen) atoms. The van der Waals surface area contributed by atoms with Gasteiger partial charge in [-0.3, -0.25) is 0 Å². The van der Waals surface area contributed by atoms with Crippen molar-refractivity contribution in [3.05, 3.63) is 19.1 Å². The Kier molecular flexibility index (Phi) is 4.52. The Bertz CT molecular complexity index is 55.2. The third kappa shape index (κ3) is 6.22. The average molecular weight is 162 g/mol. The fraction of sp³-hybridized carbons (Fsp3) is 0.500. The van der Waals surface area contributed by atoms with E-state index in [9.17, 15) is 0 Å². The van der Waals surface area contributed by atoms with Gasteiger partial charge >= 0.3 is 0 Å². The first-order chi connectivity index (χ1) is 3.27. The van der Waals surface area contributed by atoms with Crippen LogP contribution in [0.25, 0.3) is 0 Å². The van der Waals surface area contributed by atoms with Crippen molar-refractivity contribution < 1.29 is 0 Å². The van der Waals surface area contributed by atoms with Gasteiger partial charge in [0, 0.05) is 4.83 Å². The molecule has 0 saturated heterocycles. The van der Waals surface area contributed by atoms with Gasteiger partial charge in [-0.2, -0.15) is 0 Å². The summed E-state index contributed by atoms with van der Waals surface area (Å²) in [6.45, 7) is 5.73. The topological polar surface area (TPSA) is 0 Å².